The van der Waals surface area contributed by atoms with E-state index in [4.69, 9.17) is 21.1 Å². The summed E-state index contributed by atoms with van der Waals surface area (Å²) in [7, 11) is 3.00. The van der Waals surface area contributed by atoms with Crippen molar-refractivity contribution in [2.75, 3.05) is 24.4 Å². The van der Waals surface area contributed by atoms with Gasteiger partial charge in [-0.1, -0.05) is 23.7 Å². The van der Waals surface area contributed by atoms with Gasteiger partial charge in [-0.15, -0.1) is 11.3 Å². The number of thiophene rings is 1. The standard InChI is InChI=1S/C23H19ClN2O4S/c1-13-15(24)6-4-7-16(13)25-21-20(19-8-5-11-31-19)22(27)26(23(21)28)17-12-14(29-2)9-10-18(17)30-3/h4-12,25H,1-3H3. The van der Waals surface area contributed by atoms with Gasteiger partial charge in [0.05, 0.1) is 25.5 Å². The van der Waals surface area contributed by atoms with Crippen LogP contribution in [0.1, 0.15) is 10.4 Å². The van der Waals surface area contributed by atoms with Crippen LogP contribution in [-0.4, -0.2) is 26.0 Å². The molecule has 1 aromatic heterocycles. The van der Waals surface area contributed by atoms with Crippen LogP contribution in [-0.2, 0) is 9.59 Å². The lowest BCUT2D eigenvalue weighted by atomic mass is 10.1. The second kappa shape index (κ2) is 8.45. The largest absolute Gasteiger partial charge is 0.497 e. The fraction of sp³-hybridized carbons (Fsp3) is 0.130. The Morgan fingerprint density at radius 1 is 1.00 bits per heavy atom. The first-order chi connectivity index (χ1) is 15.0. The molecule has 0 atom stereocenters. The van der Waals surface area contributed by atoms with E-state index >= 15 is 0 Å². The fourth-order valence-corrected chi connectivity index (χ4v) is 4.31. The predicted octanol–water partition coefficient (Wildman–Crippen LogP) is 5.12. The Bertz CT molecular complexity index is 1200. The minimum absolute atomic E-state index is 0.183. The predicted molar refractivity (Wildman–Crippen MR) is 123 cm³/mol. The number of nitrogens with one attached hydrogen (secondary N) is 1. The maximum Gasteiger partial charge on any atom is 0.282 e. The summed E-state index contributed by atoms with van der Waals surface area (Å²) < 4.78 is 10.7. The van der Waals surface area contributed by atoms with Gasteiger partial charge in [-0.05, 0) is 48.2 Å². The molecule has 8 heteroatoms. The molecular weight excluding hydrogens is 436 g/mol. The van der Waals surface area contributed by atoms with Crippen molar-refractivity contribution in [1.29, 1.82) is 0 Å². The Hall–Kier alpha value is -3.29. The fourth-order valence-electron chi connectivity index (χ4n) is 3.36. The molecule has 2 aromatic carbocycles. The molecule has 0 spiro atoms. The van der Waals surface area contributed by atoms with E-state index in [0.29, 0.717) is 38.3 Å². The average molecular weight is 455 g/mol. The number of nitrogens with zero attached hydrogens (tertiary/aromatic N) is 1. The highest BCUT2D eigenvalue weighted by Crippen LogP contribution is 2.40. The lowest BCUT2D eigenvalue weighted by Gasteiger charge is -2.19. The second-order valence-corrected chi connectivity index (χ2v) is 8.10. The zero-order chi connectivity index (χ0) is 22.1. The molecule has 3 aromatic rings. The highest BCUT2D eigenvalue weighted by Gasteiger charge is 2.42. The number of anilines is 2. The lowest BCUT2D eigenvalue weighted by molar-refractivity contribution is -0.120. The molecule has 2 heterocycles. The molecule has 1 aliphatic rings. The highest BCUT2D eigenvalue weighted by atomic mass is 35.5. The summed E-state index contributed by atoms with van der Waals surface area (Å²) in [5.41, 5.74) is 2.22. The number of rotatable bonds is 6. The lowest BCUT2D eigenvalue weighted by Crippen LogP contribution is -2.32. The van der Waals surface area contributed by atoms with Crippen molar-refractivity contribution in [3.8, 4) is 11.5 Å². The summed E-state index contributed by atoms with van der Waals surface area (Å²) in [5.74, 6) is -0.0464. The molecule has 2 amide bonds. The molecule has 0 radical (unpaired) electrons. The molecular formula is C23H19ClN2O4S. The molecule has 0 bridgehead atoms. The maximum atomic E-state index is 13.6. The Morgan fingerprint density at radius 2 is 1.81 bits per heavy atom. The van der Waals surface area contributed by atoms with Crippen LogP contribution < -0.4 is 19.7 Å². The molecule has 0 fully saturated rings. The van der Waals surface area contributed by atoms with Crippen LogP contribution in [0.15, 0.2) is 59.6 Å². The molecule has 6 nitrogen and oxygen atoms in total. The first-order valence-corrected chi connectivity index (χ1v) is 10.6. The Balaban J connectivity index is 1.85. The number of amides is 2. The van der Waals surface area contributed by atoms with Crippen LogP contribution in [0, 0.1) is 6.92 Å². The Kier molecular flexibility index (Phi) is 5.71. The van der Waals surface area contributed by atoms with E-state index in [-0.39, 0.29) is 5.70 Å². The van der Waals surface area contributed by atoms with Crippen molar-refractivity contribution in [2.45, 2.75) is 6.92 Å². The number of hydrogen-bond acceptors (Lipinski definition) is 6. The van der Waals surface area contributed by atoms with Crippen LogP contribution in [0.5, 0.6) is 11.5 Å². The SMILES string of the molecule is COc1ccc(OC)c(N2C(=O)C(Nc3cccc(Cl)c3C)=C(c3cccs3)C2=O)c1. The molecule has 31 heavy (non-hydrogen) atoms. The van der Waals surface area contributed by atoms with Gasteiger partial charge in [0.1, 0.15) is 17.2 Å². The minimum atomic E-state index is -0.487. The summed E-state index contributed by atoms with van der Waals surface area (Å²) >= 11 is 7.63. The highest BCUT2D eigenvalue weighted by molar-refractivity contribution is 7.11. The van der Waals surface area contributed by atoms with Gasteiger partial charge < -0.3 is 14.8 Å². The smallest absolute Gasteiger partial charge is 0.282 e. The molecule has 1 aliphatic heterocycles. The monoisotopic (exact) mass is 454 g/mol. The first kappa shape index (κ1) is 21.0. The zero-order valence-corrected chi connectivity index (χ0v) is 18.6. The molecule has 1 N–H and O–H groups in total. The quantitative estimate of drug-likeness (QED) is 0.523. The van der Waals surface area contributed by atoms with Gasteiger partial charge in [-0.3, -0.25) is 9.59 Å². The zero-order valence-electron chi connectivity index (χ0n) is 17.1. The van der Waals surface area contributed by atoms with Crippen LogP contribution in [0.25, 0.3) is 5.57 Å². The van der Waals surface area contributed by atoms with Gasteiger partial charge >= 0.3 is 0 Å². The average Bonchev–Trinajstić information content (AvgIpc) is 3.37. The van der Waals surface area contributed by atoms with Gasteiger partial charge in [0, 0.05) is 21.7 Å². The van der Waals surface area contributed by atoms with E-state index in [1.54, 1.807) is 30.3 Å². The normalized spacial score (nSPS) is 13.7. The van der Waals surface area contributed by atoms with Crippen molar-refractivity contribution in [3.05, 3.63) is 75.1 Å². The van der Waals surface area contributed by atoms with Crippen LogP contribution in [0.4, 0.5) is 11.4 Å². The summed E-state index contributed by atoms with van der Waals surface area (Å²) in [4.78, 5) is 28.9. The molecule has 158 valence electrons. The van der Waals surface area contributed by atoms with E-state index in [2.05, 4.69) is 5.32 Å². The van der Waals surface area contributed by atoms with Gasteiger partial charge in [0.25, 0.3) is 11.8 Å². The first-order valence-electron chi connectivity index (χ1n) is 9.37. The molecule has 0 unspecified atom stereocenters. The summed E-state index contributed by atoms with van der Waals surface area (Å²) in [5, 5.41) is 5.57. The van der Waals surface area contributed by atoms with E-state index in [0.717, 1.165) is 10.5 Å². The molecule has 4 rings (SSSR count). The topological polar surface area (TPSA) is 67.9 Å². The van der Waals surface area contributed by atoms with Crippen LogP contribution in [0.2, 0.25) is 5.02 Å². The van der Waals surface area contributed by atoms with Gasteiger partial charge in [-0.25, -0.2) is 4.90 Å². The van der Waals surface area contributed by atoms with E-state index in [1.807, 2.05) is 30.5 Å². The number of imide groups is 1. The van der Waals surface area contributed by atoms with Crippen molar-refractivity contribution >= 4 is 51.7 Å². The Morgan fingerprint density at radius 3 is 2.48 bits per heavy atom. The van der Waals surface area contributed by atoms with E-state index in [9.17, 15) is 9.59 Å². The van der Waals surface area contributed by atoms with Crippen molar-refractivity contribution in [3.63, 3.8) is 0 Å². The third-order valence-electron chi connectivity index (χ3n) is 5.01. The van der Waals surface area contributed by atoms with Gasteiger partial charge in [-0.2, -0.15) is 0 Å². The van der Waals surface area contributed by atoms with E-state index in [1.165, 1.54) is 25.6 Å². The van der Waals surface area contributed by atoms with Gasteiger partial charge in [0.15, 0.2) is 0 Å². The third-order valence-corrected chi connectivity index (χ3v) is 6.30. The van der Waals surface area contributed by atoms with E-state index < -0.39 is 11.8 Å². The van der Waals surface area contributed by atoms with Crippen molar-refractivity contribution < 1.29 is 19.1 Å². The van der Waals surface area contributed by atoms with Gasteiger partial charge in [0.2, 0.25) is 0 Å². The van der Waals surface area contributed by atoms with Crippen molar-refractivity contribution in [2.24, 2.45) is 0 Å². The third kappa shape index (κ3) is 3.66. The minimum Gasteiger partial charge on any atom is -0.497 e. The Labute approximate surface area is 188 Å². The van der Waals surface area contributed by atoms with Crippen molar-refractivity contribution in [1.82, 2.24) is 0 Å². The molecule has 0 saturated heterocycles. The number of carbonyl (C=O) groups is 2. The van der Waals surface area contributed by atoms with Crippen LogP contribution in [0.3, 0.4) is 0 Å². The van der Waals surface area contributed by atoms with Crippen LogP contribution >= 0.6 is 22.9 Å². The number of carbonyl (C=O) groups excluding carboxylic acids is 2. The summed E-state index contributed by atoms with van der Waals surface area (Å²) in [6.45, 7) is 1.85. The maximum absolute atomic E-state index is 13.6. The molecule has 0 saturated carbocycles. The second-order valence-electron chi connectivity index (χ2n) is 6.75. The number of benzene rings is 2. The summed E-state index contributed by atoms with van der Waals surface area (Å²) in [6, 6.07) is 14.0. The summed E-state index contributed by atoms with van der Waals surface area (Å²) in [6.07, 6.45) is 0. The number of halogens is 1. The number of hydrogen-bond donors (Lipinski definition) is 1. The number of methoxy groups -OCH3 is 2. The molecule has 0 aliphatic carbocycles. The number of ether oxygens (including phenoxy) is 2.